The summed E-state index contributed by atoms with van der Waals surface area (Å²) in [6.07, 6.45) is 5.03. The molecule has 0 aliphatic heterocycles. The molecular formula is C11H24N2O. The van der Waals surface area contributed by atoms with Crippen LogP contribution in [0, 0.1) is 5.92 Å². The first kappa shape index (κ1) is 12.0. The van der Waals surface area contributed by atoms with Crippen LogP contribution in [0.3, 0.4) is 0 Å². The molecule has 3 N–H and O–H groups in total. The van der Waals surface area contributed by atoms with Crippen LogP contribution in [0.5, 0.6) is 0 Å². The number of rotatable bonds is 4. The Morgan fingerprint density at radius 3 is 2.64 bits per heavy atom. The van der Waals surface area contributed by atoms with E-state index < -0.39 is 0 Å². The van der Waals surface area contributed by atoms with Crippen molar-refractivity contribution in [3.8, 4) is 0 Å². The lowest BCUT2D eigenvalue weighted by Gasteiger charge is -2.34. The predicted molar refractivity (Wildman–Crippen MR) is 59.1 cm³/mol. The number of likely N-dealkylation sites (N-methyl/N-ethyl adjacent to an activating group) is 1. The number of aliphatic hydroxyl groups is 1. The van der Waals surface area contributed by atoms with E-state index in [9.17, 15) is 0 Å². The van der Waals surface area contributed by atoms with Gasteiger partial charge in [0.05, 0.1) is 6.61 Å². The maximum absolute atomic E-state index is 9.03. The van der Waals surface area contributed by atoms with Crippen LogP contribution in [0.1, 0.15) is 32.6 Å². The van der Waals surface area contributed by atoms with Crippen LogP contribution >= 0.6 is 0 Å². The molecule has 1 saturated carbocycles. The molecule has 0 aromatic rings. The van der Waals surface area contributed by atoms with Gasteiger partial charge in [0.1, 0.15) is 0 Å². The second kappa shape index (κ2) is 5.69. The van der Waals surface area contributed by atoms with E-state index in [1.807, 2.05) is 6.92 Å². The highest BCUT2D eigenvalue weighted by atomic mass is 16.3. The van der Waals surface area contributed by atoms with Crippen molar-refractivity contribution < 1.29 is 5.11 Å². The quantitative estimate of drug-likeness (QED) is 0.706. The van der Waals surface area contributed by atoms with Crippen LogP contribution in [-0.2, 0) is 0 Å². The second-order valence-corrected chi connectivity index (χ2v) is 4.68. The predicted octanol–water partition coefficient (Wildman–Crippen LogP) is 0.817. The Bertz CT molecular complexity index is 163. The molecule has 0 radical (unpaired) electrons. The number of aliphatic hydroxyl groups excluding tert-OH is 1. The average molecular weight is 200 g/mol. The lowest BCUT2D eigenvalue weighted by Crippen LogP contribution is -2.43. The first-order valence-electron chi connectivity index (χ1n) is 5.71. The highest BCUT2D eigenvalue weighted by molar-refractivity contribution is 4.80. The molecule has 0 amide bonds. The molecule has 14 heavy (non-hydrogen) atoms. The summed E-state index contributed by atoms with van der Waals surface area (Å²) in [7, 11) is 2.07. The maximum Gasteiger partial charge on any atom is 0.0584 e. The van der Waals surface area contributed by atoms with Gasteiger partial charge in [0.25, 0.3) is 0 Å². The standard InChI is InChI=1S/C11H24N2O/c1-9(8-14)13(2)7-10-5-3-4-6-11(10)12/h9-11,14H,3-8,12H2,1-2H3. The molecule has 0 bridgehead atoms. The fourth-order valence-electron chi connectivity index (χ4n) is 2.15. The van der Waals surface area contributed by atoms with E-state index in [2.05, 4.69) is 11.9 Å². The molecular weight excluding hydrogens is 176 g/mol. The second-order valence-electron chi connectivity index (χ2n) is 4.68. The van der Waals surface area contributed by atoms with Gasteiger partial charge in [-0.1, -0.05) is 12.8 Å². The topological polar surface area (TPSA) is 49.5 Å². The zero-order valence-corrected chi connectivity index (χ0v) is 9.45. The lowest BCUT2D eigenvalue weighted by atomic mass is 9.84. The van der Waals surface area contributed by atoms with Gasteiger partial charge in [0.2, 0.25) is 0 Å². The first-order chi connectivity index (χ1) is 6.65. The van der Waals surface area contributed by atoms with Crippen LogP contribution < -0.4 is 5.73 Å². The third kappa shape index (κ3) is 3.23. The van der Waals surface area contributed by atoms with Crippen LogP contribution in [0.15, 0.2) is 0 Å². The van der Waals surface area contributed by atoms with Gasteiger partial charge in [-0.25, -0.2) is 0 Å². The molecule has 3 atom stereocenters. The summed E-state index contributed by atoms with van der Waals surface area (Å²) in [4.78, 5) is 2.22. The van der Waals surface area contributed by atoms with Gasteiger partial charge in [0.15, 0.2) is 0 Å². The number of nitrogens with zero attached hydrogens (tertiary/aromatic N) is 1. The molecule has 0 spiro atoms. The molecule has 0 saturated heterocycles. The molecule has 1 fully saturated rings. The Labute approximate surface area is 87.3 Å². The molecule has 3 nitrogen and oxygen atoms in total. The highest BCUT2D eigenvalue weighted by Crippen LogP contribution is 2.23. The summed E-state index contributed by atoms with van der Waals surface area (Å²) in [6.45, 7) is 3.32. The van der Waals surface area contributed by atoms with Crippen LogP contribution in [0.4, 0.5) is 0 Å². The van der Waals surface area contributed by atoms with Gasteiger partial charge in [-0.05, 0) is 32.7 Å². The summed E-state index contributed by atoms with van der Waals surface area (Å²) >= 11 is 0. The van der Waals surface area contributed by atoms with Crippen LogP contribution in [0.2, 0.25) is 0 Å². The van der Waals surface area contributed by atoms with E-state index >= 15 is 0 Å². The Balaban J connectivity index is 2.34. The minimum Gasteiger partial charge on any atom is -0.395 e. The average Bonchev–Trinajstić information content (AvgIpc) is 2.20. The van der Waals surface area contributed by atoms with E-state index in [1.54, 1.807) is 0 Å². The van der Waals surface area contributed by atoms with Crippen molar-refractivity contribution >= 4 is 0 Å². The van der Waals surface area contributed by atoms with Crippen LogP contribution in [0.25, 0.3) is 0 Å². The Morgan fingerprint density at radius 2 is 2.07 bits per heavy atom. The van der Waals surface area contributed by atoms with E-state index in [0.29, 0.717) is 12.0 Å². The van der Waals surface area contributed by atoms with Gasteiger partial charge in [-0.2, -0.15) is 0 Å². The smallest absolute Gasteiger partial charge is 0.0584 e. The lowest BCUT2D eigenvalue weighted by molar-refractivity contribution is 0.126. The number of hydrogen-bond acceptors (Lipinski definition) is 3. The van der Waals surface area contributed by atoms with Crippen molar-refractivity contribution in [2.24, 2.45) is 11.7 Å². The van der Waals surface area contributed by atoms with Crippen LogP contribution in [-0.4, -0.2) is 42.3 Å². The molecule has 0 aromatic heterocycles. The Hall–Kier alpha value is -0.120. The summed E-state index contributed by atoms with van der Waals surface area (Å²) in [5.74, 6) is 0.628. The minimum absolute atomic E-state index is 0.235. The van der Waals surface area contributed by atoms with E-state index in [4.69, 9.17) is 10.8 Å². The Kier molecular flexibility index (Phi) is 4.85. The van der Waals surface area contributed by atoms with E-state index in [1.165, 1.54) is 25.7 Å². The monoisotopic (exact) mass is 200 g/mol. The van der Waals surface area contributed by atoms with Crippen molar-refractivity contribution in [2.45, 2.75) is 44.7 Å². The van der Waals surface area contributed by atoms with E-state index in [0.717, 1.165) is 6.54 Å². The number of nitrogens with two attached hydrogens (primary N) is 1. The third-order valence-electron chi connectivity index (χ3n) is 3.51. The largest absolute Gasteiger partial charge is 0.395 e. The minimum atomic E-state index is 0.235. The van der Waals surface area contributed by atoms with Crippen molar-refractivity contribution in [2.75, 3.05) is 20.2 Å². The maximum atomic E-state index is 9.03. The molecule has 0 aromatic carbocycles. The van der Waals surface area contributed by atoms with Crippen molar-refractivity contribution in [1.82, 2.24) is 4.90 Å². The zero-order chi connectivity index (χ0) is 10.6. The molecule has 1 aliphatic rings. The molecule has 3 unspecified atom stereocenters. The van der Waals surface area contributed by atoms with Crippen molar-refractivity contribution in [3.05, 3.63) is 0 Å². The Morgan fingerprint density at radius 1 is 1.43 bits per heavy atom. The normalized spacial score (nSPS) is 30.6. The zero-order valence-electron chi connectivity index (χ0n) is 9.45. The summed E-state index contributed by atoms with van der Waals surface area (Å²) in [6, 6.07) is 0.626. The number of hydrogen-bond donors (Lipinski definition) is 2. The van der Waals surface area contributed by atoms with Gasteiger partial charge in [-0.3, -0.25) is 0 Å². The fourth-order valence-corrected chi connectivity index (χ4v) is 2.15. The SMILES string of the molecule is CC(CO)N(C)CC1CCCCC1N. The van der Waals surface area contributed by atoms with Gasteiger partial charge >= 0.3 is 0 Å². The fraction of sp³-hybridized carbons (Fsp3) is 1.00. The molecule has 3 heteroatoms. The van der Waals surface area contributed by atoms with Gasteiger partial charge in [-0.15, -0.1) is 0 Å². The first-order valence-corrected chi connectivity index (χ1v) is 5.71. The van der Waals surface area contributed by atoms with Gasteiger partial charge < -0.3 is 15.7 Å². The van der Waals surface area contributed by atoms with Crippen molar-refractivity contribution in [1.29, 1.82) is 0 Å². The summed E-state index contributed by atoms with van der Waals surface area (Å²) < 4.78 is 0. The molecule has 1 aliphatic carbocycles. The summed E-state index contributed by atoms with van der Waals surface area (Å²) in [5, 5.41) is 9.03. The third-order valence-corrected chi connectivity index (χ3v) is 3.51. The molecule has 0 heterocycles. The van der Waals surface area contributed by atoms with Gasteiger partial charge in [0, 0.05) is 18.6 Å². The molecule has 1 rings (SSSR count). The summed E-state index contributed by atoms with van der Waals surface area (Å²) in [5.41, 5.74) is 6.08. The van der Waals surface area contributed by atoms with Crippen molar-refractivity contribution in [3.63, 3.8) is 0 Å². The molecule has 84 valence electrons. The highest BCUT2D eigenvalue weighted by Gasteiger charge is 2.23. The van der Waals surface area contributed by atoms with E-state index in [-0.39, 0.29) is 12.6 Å².